The van der Waals surface area contributed by atoms with E-state index in [1.807, 2.05) is 36.4 Å². The Kier molecular flexibility index (Phi) is 5.76. The summed E-state index contributed by atoms with van der Waals surface area (Å²) in [4.78, 5) is 20.0. The first-order valence-corrected chi connectivity index (χ1v) is 10.4. The number of likely N-dealkylation sites (N-methyl/N-ethyl adjacent to an activating group) is 1. The van der Waals surface area contributed by atoms with Gasteiger partial charge in [0.05, 0.1) is 11.3 Å². The number of carbonyl (C=O) groups is 1. The van der Waals surface area contributed by atoms with E-state index in [1.54, 1.807) is 18.3 Å². The van der Waals surface area contributed by atoms with Gasteiger partial charge in [0.15, 0.2) is 0 Å². The Labute approximate surface area is 171 Å². The van der Waals surface area contributed by atoms with Crippen molar-refractivity contribution in [2.75, 3.05) is 19.6 Å². The number of rotatable bonds is 5. The zero-order valence-electron chi connectivity index (χ0n) is 16.8. The topological polar surface area (TPSA) is 65.5 Å². The van der Waals surface area contributed by atoms with Crippen LogP contribution >= 0.6 is 0 Å². The Morgan fingerprint density at radius 2 is 1.90 bits per heavy atom. The summed E-state index contributed by atoms with van der Waals surface area (Å²) < 4.78 is 0. The van der Waals surface area contributed by atoms with Crippen LogP contribution in [0.25, 0.3) is 22.0 Å². The molecule has 0 radical (unpaired) electrons. The molecule has 1 atom stereocenters. The molecule has 1 amide bonds. The summed E-state index contributed by atoms with van der Waals surface area (Å²) in [5, 5.41) is 14.5. The lowest BCUT2D eigenvalue weighted by Gasteiger charge is -2.34. The molecule has 3 aromatic rings. The number of hydrogen-bond acceptors (Lipinski definition) is 4. The second kappa shape index (κ2) is 8.62. The van der Waals surface area contributed by atoms with Crippen LogP contribution in [0.4, 0.5) is 0 Å². The zero-order chi connectivity index (χ0) is 20.2. The van der Waals surface area contributed by atoms with E-state index in [-0.39, 0.29) is 11.7 Å². The highest BCUT2D eigenvalue weighted by molar-refractivity contribution is 6.09. The van der Waals surface area contributed by atoms with Crippen LogP contribution in [0.1, 0.15) is 36.5 Å². The maximum absolute atomic E-state index is 13.0. The molecule has 0 aliphatic carbocycles. The fraction of sp³-hybridized carbons (Fsp3) is 0.333. The number of likely N-dealkylation sites (tertiary alicyclic amines) is 1. The van der Waals surface area contributed by atoms with Crippen LogP contribution in [-0.2, 0) is 0 Å². The number of nitrogens with zero attached hydrogens (tertiary/aromatic N) is 2. The van der Waals surface area contributed by atoms with Crippen LogP contribution in [0.3, 0.4) is 0 Å². The number of hydrogen-bond donors (Lipinski definition) is 2. The number of aromatic nitrogens is 1. The van der Waals surface area contributed by atoms with Crippen LogP contribution in [0.2, 0.25) is 0 Å². The molecule has 2 N–H and O–H groups in total. The molecule has 4 rings (SSSR count). The Morgan fingerprint density at radius 1 is 1.14 bits per heavy atom. The van der Waals surface area contributed by atoms with Crippen LogP contribution in [-0.4, -0.2) is 46.6 Å². The third kappa shape index (κ3) is 4.10. The summed E-state index contributed by atoms with van der Waals surface area (Å²) in [5.74, 6) is 0.144. The molecule has 2 aromatic carbocycles. The molecule has 1 aliphatic rings. The van der Waals surface area contributed by atoms with Crippen molar-refractivity contribution in [2.24, 2.45) is 0 Å². The average molecular weight is 389 g/mol. The Hall–Kier alpha value is -2.92. The quantitative estimate of drug-likeness (QED) is 0.686. The van der Waals surface area contributed by atoms with E-state index in [9.17, 15) is 9.90 Å². The van der Waals surface area contributed by atoms with Crippen molar-refractivity contribution in [3.8, 4) is 17.0 Å². The molecule has 1 aliphatic heterocycles. The van der Waals surface area contributed by atoms with Crippen molar-refractivity contribution in [1.29, 1.82) is 0 Å². The van der Waals surface area contributed by atoms with Gasteiger partial charge in [0.1, 0.15) is 5.75 Å². The first-order chi connectivity index (χ1) is 14.2. The molecule has 29 heavy (non-hydrogen) atoms. The van der Waals surface area contributed by atoms with Gasteiger partial charge in [-0.25, -0.2) is 0 Å². The highest BCUT2D eigenvalue weighted by Crippen LogP contribution is 2.29. The summed E-state index contributed by atoms with van der Waals surface area (Å²) >= 11 is 0. The number of pyridine rings is 1. The van der Waals surface area contributed by atoms with Crippen molar-refractivity contribution in [3.05, 3.63) is 60.3 Å². The predicted molar refractivity (Wildman–Crippen MR) is 116 cm³/mol. The van der Waals surface area contributed by atoms with Gasteiger partial charge in [-0.15, -0.1) is 0 Å². The van der Waals surface area contributed by atoms with E-state index >= 15 is 0 Å². The van der Waals surface area contributed by atoms with E-state index in [1.165, 1.54) is 12.8 Å². The van der Waals surface area contributed by atoms with Crippen LogP contribution in [0, 0.1) is 0 Å². The van der Waals surface area contributed by atoms with E-state index in [0.29, 0.717) is 18.2 Å². The van der Waals surface area contributed by atoms with Gasteiger partial charge >= 0.3 is 0 Å². The lowest BCUT2D eigenvalue weighted by Crippen LogP contribution is -2.46. The molecule has 1 unspecified atom stereocenters. The number of aromatic hydroxyl groups is 1. The number of piperidine rings is 1. The number of carbonyl (C=O) groups excluding carboxylic acids is 1. The second-order valence-corrected chi connectivity index (χ2v) is 7.60. The first kappa shape index (κ1) is 19.4. The van der Waals surface area contributed by atoms with Crippen molar-refractivity contribution < 1.29 is 9.90 Å². The fourth-order valence-electron chi connectivity index (χ4n) is 4.24. The molecule has 5 nitrogen and oxygen atoms in total. The van der Waals surface area contributed by atoms with Crippen molar-refractivity contribution in [1.82, 2.24) is 15.2 Å². The predicted octanol–water partition coefficient (Wildman–Crippen LogP) is 4.21. The molecule has 2 heterocycles. The number of phenolic OH excluding ortho intramolecular Hbond substituents is 1. The molecular weight excluding hydrogens is 362 g/mol. The van der Waals surface area contributed by atoms with Gasteiger partial charge in [-0.3, -0.25) is 14.7 Å². The zero-order valence-corrected chi connectivity index (χ0v) is 16.8. The smallest absolute Gasteiger partial charge is 0.253 e. The molecule has 150 valence electrons. The maximum Gasteiger partial charge on any atom is 0.253 e. The molecule has 5 heteroatoms. The Morgan fingerprint density at radius 3 is 2.66 bits per heavy atom. The molecule has 0 bridgehead atoms. The first-order valence-electron chi connectivity index (χ1n) is 10.4. The Balaban J connectivity index is 1.60. The minimum Gasteiger partial charge on any atom is -0.508 e. The molecule has 0 spiro atoms. The molecule has 1 aromatic heterocycles. The van der Waals surface area contributed by atoms with Gasteiger partial charge in [0.2, 0.25) is 0 Å². The maximum atomic E-state index is 13.0. The molecular formula is C24H27N3O2. The number of fused-ring (bicyclic) bond motifs is 1. The standard InChI is InChI=1S/C24H27N3O2/c1-2-27-14-6-5-7-18(27)15-26-24(29)22-16-25-23(17-10-12-19(28)13-11-17)21-9-4-3-8-20(21)22/h3-4,8-13,16,18,28H,2,5-7,14-15H2,1H3,(H,26,29). The lowest BCUT2D eigenvalue weighted by atomic mass is 10.00. The number of phenols is 1. The van der Waals surface area contributed by atoms with Gasteiger partial charge < -0.3 is 10.4 Å². The summed E-state index contributed by atoms with van der Waals surface area (Å²) in [6.07, 6.45) is 5.26. The third-order valence-electron chi connectivity index (χ3n) is 5.83. The van der Waals surface area contributed by atoms with Crippen LogP contribution in [0.5, 0.6) is 5.75 Å². The number of benzene rings is 2. The highest BCUT2D eigenvalue weighted by atomic mass is 16.3. The van der Waals surface area contributed by atoms with Crippen LogP contribution < -0.4 is 5.32 Å². The van der Waals surface area contributed by atoms with Gasteiger partial charge in [0, 0.05) is 29.7 Å². The van der Waals surface area contributed by atoms with Crippen molar-refractivity contribution >= 4 is 16.7 Å². The van der Waals surface area contributed by atoms with Gasteiger partial charge in [0.25, 0.3) is 5.91 Å². The number of nitrogens with one attached hydrogen (secondary N) is 1. The highest BCUT2D eigenvalue weighted by Gasteiger charge is 2.22. The monoisotopic (exact) mass is 389 g/mol. The SMILES string of the molecule is CCN1CCCCC1CNC(=O)c1cnc(-c2ccc(O)cc2)c2ccccc12. The molecule has 1 saturated heterocycles. The minimum absolute atomic E-state index is 0.0763. The summed E-state index contributed by atoms with van der Waals surface area (Å²) in [7, 11) is 0. The van der Waals surface area contributed by atoms with E-state index in [2.05, 4.69) is 22.1 Å². The fourth-order valence-corrected chi connectivity index (χ4v) is 4.24. The molecule has 1 fully saturated rings. The average Bonchev–Trinajstić information content (AvgIpc) is 2.77. The Bertz CT molecular complexity index is 1000. The van der Waals surface area contributed by atoms with Gasteiger partial charge in [-0.05, 0) is 55.6 Å². The van der Waals surface area contributed by atoms with Gasteiger partial charge in [-0.1, -0.05) is 37.6 Å². The summed E-state index contributed by atoms with van der Waals surface area (Å²) in [5.41, 5.74) is 2.32. The van der Waals surface area contributed by atoms with Crippen LogP contribution in [0.15, 0.2) is 54.7 Å². The van der Waals surface area contributed by atoms with Crippen molar-refractivity contribution in [3.63, 3.8) is 0 Å². The van der Waals surface area contributed by atoms with Gasteiger partial charge in [-0.2, -0.15) is 0 Å². The van der Waals surface area contributed by atoms with E-state index in [0.717, 1.165) is 41.5 Å². The summed E-state index contributed by atoms with van der Waals surface area (Å²) in [6, 6.07) is 15.2. The lowest BCUT2D eigenvalue weighted by molar-refractivity contribution is 0.0919. The minimum atomic E-state index is -0.0763. The third-order valence-corrected chi connectivity index (χ3v) is 5.83. The largest absolute Gasteiger partial charge is 0.508 e. The second-order valence-electron chi connectivity index (χ2n) is 7.60. The van der Waals surface area contributed by atoms with E-state index < -0.39 is 0 Å². The number of amides is 1. The van der Waals surface area contributed by atoms with E-state index in [4.69, 9.17) is 0 Å². The molecule has 0 saturated carbocycles. The summed E-state index contributed by atoms with van der Waals surface area (Å²) in [6.45, 7) is 4.98. The van der Waals surface area contributed by atoms with Crippen molar-refractivity contribution in [2.45, 2.75) is 32.2 Å². The normalized spacial score (nSPS) is 17.3.